The summed E-state index contributed by atoms with van der Waals surface area (Å²) in [5, 5.41) is 3.95. The van der Waals surface area contributed by atoms with Gasteiger partial charge in [-0.25, -0.2) is 12.7 Å². The van der Waals surface area contributed by atoms with Crippen molar-refractivity contribution in [2.24, 2.45) is 5.92 Å². The van der Waals surface area contributed by atoms with Crippen molar-refractivity contribution in [3.8, 4) is 16.9 Å². The van der Waals surface area contributed by atoms with Crippen molar-refractivity contribution in [3.63, 3.8) is 0 Å². The lowest BCUT2D eigenvalue weighted by Crippen LogP contribution is -2.34. The van der Waals surface area contributed by atoms with E-state index in [0.717, 1.165) is 16.3 Å². The van der Waals surface area contributed by atoms with E-state index in [1.165, 1.54) is 0 Å². The molecule has 9 heteroatoms. The molecule has 0 amide bonds. The quantitative estimate of drug-likeness (QED) is 0.255. The SMILES string of the molecule is COCCOCN(c1onc(C)c1C)S(=O)(=O)c1ccccc1-c1ccc(CC(C)C)cc1OC. The van der Waals surface area contributed by atoms with Crippen LogP contribution in [0.2, 0.25) is 0 Å². The molecule has 8 nitrogen and oxygen atoms in total. The average Bonchev–Trinajstić information content (AvgIpc) is 3.16. The van der Waals surface area contributed by atoms with E-state index in [1.54, 1.807) is 52.3 Å². The number of benzene rings is 2. The van der Waals surface area contributed by atoms with Crippen LogP contribution >= 0.6 is 0 Å². The lowest BCUT2D eigenvalue weighted by atomic mass is 9.98. The van der Waals surface area contributed by atoms with Gasteiger partial charge in [-0.3, -0.25) is 0 Å². The van der Waals surface area contributed by atoms with Crippen LogP contribution in [0, 0.1) is 19.8 Å². The van der Waals surface area contributed by atoms with Crippen molar-refractivity contribution in [2.45, 2.75) is 39.0 Å². The molecule has 0 atom stereocenters. The molecule has 1 heterocycles. The predicted molar refractivity (Wildman–Crippen MR) is 135 cm³/mol. The molecule has 190 valence electrons. The number of sulfonamides is 1. The Hall–Kier alpha value is -2.88. The second-order valence-corrected chi connectivity index (χ2v) is 10.5. The van der Waals surface area contributed by atoms with E-state index in [-0.39, 0.29) is 24.1 Å². The minimum atomic E-state index is -4.11. The molecular weight excluding hydrogens is 468 g/mol. The van der Waals surface area contributed by atoms with Crippen LogP contribution in [0.4, 0.5) is 5.88 Å². The number of methoxy groups -OCH3 is 2. The second kappa shape index (κ2) is 11.7. The summed E-state index contributed by atoms with van der Waals surface area (Å²) in [7, 11) is -0.963. The van der Waals surface area contributed by atoms with Gasteiger partial charge in [0.25, 0.3) is 10.0 Å². The highest BCUT2D eigenvalue weighted by Crippen LogP contribution is 2.38. The largest absolute Gasteiger partial charge is 0.496 e. The average molecular weight is 503 g/mol. The Morgan fingerprint density at radius 2 is 1.77 bits per heavy atom. The zero-order chi connectivity index (χ0) is 25.6. The number of hydrogen-bond donors (Lipinski definition) is 0. The van der Waals surface area contributed by atoms with Crippen molar-refractivity contribution in [1.82, 2.24) is 5.16 Å². The smallest absolute Gasteiger partial charge is 0.269 e. The number of hydrogen-bond acceptors (Lipinski definition) is 7. The topological polar surface area (TPSA) is 91.1 Å². The van der Waals surface area contributed by atoms with Crippen molar-refractivity contribution >= 4 is 15.9 Å². The van der Waals surface area contributed by atoms with Gasteiger partial charge in [0.15, 0.2) is 0 Å². The van der Waals surface area contributed by atoms with Crippen LogP contribution in [0.25, 0.3) is 11.1 Å². The van der Waals surface area contributed by atoms with Gasteiger partial charge in [-0.05, 0) is 43.9 Å². The maximum atomic E-state index is 14.1. The third-order valence-corrected chi connectivity index (χ3v) is 7.42. The van der Waals surface area contributed by atoms with Crippen LogP contribution in [-0.2, 0) is 25.9 Å². The molecule has 1 aromatic heterocycles. The van der Waals surface area contributed by atoms with Crippen LogP contribution < -0.4 is 9.04 Å². The number of ether oxygens (including phenoxy) is 3. The summed E-state index contributed by atoms with van der Waals surface area (Å²) >= 11 is 0. The molecule has 2 aromatic carbocycles. The van der Waals surface area contributed by atoms with Crippen LogP contribution in [0.15, 0.2) is 51.9 Å². The molecule has 3 rings (SSSR count). The van der Waals surface area contributed by atoms with Crippen molar-refractivity contribution < 1.29 is 27.2 Å². The van der Waals surface area contributed by atoms with Crippen molar-refractivity contribution in [2.75, 3.05) is 38.5 Å². The molecular formula is C26H34N2O6S. The van der Waals surface area contributed by atoms with Gasteiger partial charge in [0, 0.05) is 23.8 Å². The Morgan fingerprint density at radius 1 is 1.03 bits per heavy atom. The molecule has 0 aliphatic rings. The second-order valence-electron chi connectivity index (χ2n) is 8.71. The maximum Gasteiger partial charge on any atom is 0.269 e. The van der Waals surface area contributed by atoms with Gasteiger partial charge < -0.3 is 18.7 Å². The molecule has 3 aromatic rings. The molecule has 0 unspecified atom stereocenters. The van der Waals surface area contributed by atoms with Crippen LogP contribution in [0.3, 0.4) is 0 Å². The monoisotopic (exact) mass is 502 g/mol. The summed E-state index contributed by atoms with van der Waals surface area (Å²) in [5.41, 5.74) is 3.56. The Bertz CT molecular complexity index is 1240. The first-order chi connectivity index (χ1) is 16.7. The van der Waals surface area contributed by atoms with E-state index in [4.69, 9.17) is 18.7 Å². The van der Waals surface area contributed by atoms with Gasteiger partial charge in [-0.2, -0.15) is 0 Å². The number of rotatable bonds is 12. The molecule has 35 heavy (non-hydrogen) atoms. The highest BCUT2D eigenvalue weighted by Gasteiger charge is 2.32. The first-order valence-electron chi connectivity index (χ1n) is 11.5. The molecule has 0 spiro atoms. The standard InChI is InChI=1S/C26H34N2O6S/c1-18(2)15-21-11-12-22(24(16-21)32-6)23-9-7-8-10-25(23)35(29,30)28(17-33-14-13-31-5)26-19(3)20(4)27-34-26/h7-12,16,18H,13-15,17H2,1-6H3. The molecule has 0 bridgehead atoms. The van der Waals surface area contributed by atoms with E-state index >= 15 is 0 Å². The van der Waals surface area contributed by atoms with Gasteiger partial charge in [0.2, 0.25) is 5.88 Å². The molecule has 0 aliphatic heterocycles. The van der Waals surface area contributed by atoms with E-state index in [2.05, 4.69) is 19.0 Å². The molecule has 0 saturated heterocycles. The highest BCUT2D eigenvalue weighted by molar-refractivity contribution is 7.93. The van der Waals surface area contributed by atoms with Crippen molar-refractivity contribution in [3.05, 3.63) is 59.3 Å². The summed E-state index contributed by atoms with van der Waals surface area (Å²) in [4.78, 5) is 0.110. The summed E-state index contributed by atoms with van der Waals surface area (Å²) in [6, 6.07) is 12.7. The normalized spacial score (nSPS) is 11.7. The molecule has 0 aliphatic carbocycles. The van der Waals surface area contributed by atoms with E-state index in [0.29, 0.717) is 40.7 Å². The number of nitrogens with zero attached hydrogens (tertiary/aromatic N) is 2. The summed E-state index contributed by atoms with van der Waals surface area (Å²) in [6.45, 7) is 8.13. The van der Waals surface area contributed by atoms with Crippen LogP contribution in [-0.4, -0.2) is 47.7 Å². The minimum Gasteiger partial charge on any atom is -0.496 e. The van der Waals surface area contributed by atoms with E-state index < -0.39 is 10.0 Å². The third-order valence-electron chi connectivity index (χ3n) is 5.65. The maximum absolute atomic E-state index is 14.1. The Labute approximate surface area is 207 Å². The van der Waals surface area contributed by atoms with E-state index in [1.807, 2.05) is 18.2 Å². The zero-order valence-corrected chi connectivity index (χ0v) is 22.0. The van der Waals surface area contributed by atoms with E-state index in [9.17, 15) is 8.42 Å². The van der Waals surface area contributed by atoms with Gasteiger partial charge in [-0.1, -0.05) is 49.3 Å². The molecule has 0 saturated carbocycles. The third kappa shape index (κ3) is 6.04. The fraction of sp³-hybridized carbons (Fsp3) is 0.423. The van der Waals surface area contributed by atoms with Crippen LogP contribution in [0.1, 0.15) is 30.7 Å². The van der Waals surface area contributed by atoms with Crippen molar-refractivity contribution in [1.29, 1.82) is 0 Å². The Balaban J connectivity index is 2.10. The van der Waals surface area contributed by atoms with Gasteiger partial charge in [-0.15, -0.1) is 0 Å². The fourth-order valence-corrected chi connectivity index (χ4v) is 5.30. The van der Waals surface area contributed by atoms with Gasteiger partial charge in [0.1, 0.15) is 12.5 Å². The Kier molecular flexibility index (Phi) is 8.93. The molecule has 0 N–H and O–H groups in total. The molecule has 0 fully saturated rings. The van der Waals surface area contributed by atoms with Crippen LogP contribution in [0.5, 0.6) is 5.75 Å². The summed E-state index contributed by atoms with van der Waals surface area (Å²) in [5.74, 6) is 1.22. The zero-order valence-electron chi connectivity index (χ0n) is 21.2. The molecule has 0 radical (unpaired) electrons. The fourth-order valence-electron chi connectivity index (χ4n) is 3.75. The summed E-state index contributed by atoms with van der Waals surface area (Å²) < 4.78 is 50.9. The number of aryl methyl sites for hydroxylation is 1. The minimum absolute atomic E-state index is 0.110. The first-order valence-corrected chi connectivity index (χ1v) is 12.9. The van der Waals surface area contributed by atoms with Gasteiger partial charge >= 0.3 is 0 Å². The highest BCUT2D eigenvalue weighted by atomic mass is 32.2. The Morgan fingerprint density at radius 3 is 2.40 bits per heavy atom. The number of anilines is 1. The van der Waals surface area contributed by atoms with Gasteiger partial charge in [0.05, 0.1) is 30.9 Å². The lowest BCUT2D eigenvalue weighted by Gasteiger charge is -2.24. The number of aromatic nitrogens is 1. The first kappa shape index (κ1) is 26.7. The predicted octanol–water partition coefficient (Wildman–Crippen LogP) is 4.98. The summed E-state index contributed by atoms with van der Waals surface area (Å²) in [6.07, 6.45) is 0.896. The lowest BCUT2D eigenvalue weighted by molar-refractivity contribution is 0.0744.